The van der Waals surface area contributed by atoms with Gasteiger partial charge in [0.05, 0.1) is 0 Å². The zero-order chi connectivity index (χ0) is 15.4. The third-order valence-corrected chi connectivity index (χ3v) is 3.64. The second kappa shape index (κ2) is 6.59. The van der Waals surface area contributed by atoms with Crippen molar-refractivity contribution in [2.45, 2.75) is 26.9 Å². The molecule has 0 aliphatic heterocycles. The number of aryl methyl sites for hydroxylation is 2. The zero-order valence-electron chi connectivity index (χ0n) is 12.2. The standard InChI is InChI=1S/C16H17ClN2O2/c1-10-8-14(9-11(2)15(10)17)21-12(3)16(20)19-13-4-6-18-7-5-13/h4-9,12H,1-3H3,(H,18,19,20)/t12-/m1/s1. The van der Waals surface area contributed by atoms with E-state index in [4.69, 9.17) is 16.3 Å². The number of halogens is 1. The molecule has 0 saturated heterocycles. The molecule has 110 valence electrons. The Bertz CT molecular complexity index is 621. The molecule has 0 unspecified atom stereocenters. The summed E-state index contributed by atoms with van der Waals surface area (Å²) in [6, 6.07) is 7.10. The minimum atomic E-state index is -0.613. The molecule has 0 fully saturated rings. The number of hydrogen-bond donors (Lipinski definition) is 1. The Morgan fingerprint density at radius 2 is 1.81 bits per heavy atom. The van der Waals surface area contributed by atoms with Gasteiger partial charge in [-0.05, 0) is 56.2 Å². The van der Waals surface area contributed by atoms with Gasteiger partial charge in [-0.1, -0.05) is 11.6 Å². The molecule has 1 aromatic heterocycles. The van der Waals surface area contributed by atoms with Crippen molar-refractivity contribution in [3.63, 3.8) is 0 Å². The summed E-state index contributed by atoms with van der Waals surface area (Å²) in [4.78, 5) is 16.0. The summed E-state index contributed by atoms with van der Waals surface area (Å²) in [6.07, 6.45) is 2.62. The van der Waals surface area contributed by atoms with Crippen LogP contribution in [0.1, 0.15) is 18.1 Å². The Balaban J connectivity index is 2.04. The molecule has 1 atom stereocenters. The van der Waals surface area contributed by atoms with Crippen LogP contribution >= 0.6 is 11.6 Å². The first-order chi connectivity index (χ1) is 9.97. The smallest absolute Gasteiger partial charge is 0.265 e. The van der Waals surface area contributed by atoms with Crippen LogP contribution in [-0.4, -0.2) is 17.0 Å². The molecule has 5 heteroatoms. The van der Waals surface area contributed by atoms with Crippen LogP contribution in [0.2, 0.25) is 5.02 Å². The van der Waals surface area contributed by atoms with Gasteiger partial charge in [0, 0.05) is 23.1 Å². The maximum Gasteiger partial charge on any atom is 0.265 e. The van der Waals surface area contributed by atoms with E-state index in [0.717, 1.165) is 16.1 Å². The molecule has 0 aliphatic carbocycles. The highest BCUT2D eigenvalue weighted by molar-refractivity contribution is 6.32. The number of anilines is 1. The lowest BCUT2D eigenvalue weighted by molar-refractivity contribution is -0.122. The van der Waals surface area contributed by atoms with Gasteiger partial charge >= 0.3 is 0 Å². The van der Waals surface area contributed by atoms with Gasteiger partial charge in [-0.25, -0.2) is 0 Å². The summed E-state index contributed by atoms with van der Waals surface area (Å²) in [6.45, 7) is 5.52. The van der Waals surface area contributed by atoms with Crippen molar-refractivity contribution in [1.29, 1.82) is 0 Å². The quantitative estimate of drug-likeness (QED) is 0.935. The highest BCUT2D eigenvalue weighted by Crippen LogP contribution is 2.26. The molecule has 21 heavy (non-hydrogen) atoms. The Kier molecular flexibility index (Phi) is 4.81. The molecule has 0 bridgehead atoms. The van der Waals surface area contributed by atoms with E-state index in [1.165, 1.54) is 0 Å². The van der Waals surface area contributed by atoms with E-state index < -0.39 is 6.10 Å². The number of pyridine rings is 1. The molecule has 4 nitrogen and oxygen atoms in total. The Morgan fingerprint density at radius 3 is 2.38 bits per heavy atom. The van der Waals surface area contributed by atoms with E-state index in [9.17, 15) is 4.79 Å². The minimum Gasteiger partial charge on any atom is -0.481 e. The van der Waals surface area contributed by atoms with Crippen LogP contribution in [-0.2, 0) is 4.79 Å². The number of nitrogens with one attached hydrogen (secondary N) is 1. The van der Waals surface area contributed by atoms with E-state index >= 15 is 0 Å². The fourth-order valence-corrected chi connectivity index (χ4v) is 2.02. The SMILES string of the molecule is Cc1cc(O[C@H](C)C(=O)Nc2ccncc2)cc(C)c1Cl. The Hall–Kier alpha value is -2.07. The first-order valence-electron chi connectivity index (χ1n) is 6.61. The summed E-state index contributed by atoms with van der Waals surface area (Å²) >= 11 is 6.12. The van der Waals surface area contributed by atoms with Gasteiger partial charge in [0.1, 0.15) is 5.75 Å². The highest BCUT2D eigenvalue weighted by atomic mass is 35.5. The lowest BCUT2D eigenvalue weighted by atomic mass is 10.1. The number of benzene rings is 1. The fourth-order valence-electron chi connectivity index (χ4n) is 1.91. The van der Waals surface area contributed by atoms with Crippen LogP contribution in [0.5, 0.6) is 5.75 Å². The maximum atomic E-state index is 12.1. The van der Waals surface area contributed by atoms with Crippen LogP contribution < -0.4 is 10.1 Å². The number of carbonyl (C=O) groups is 1. The largest absolute Gasteiger partial charge is 0.481 e. The molecule has 2 rings (SSSR count). The molecule has 1 amide bonds. The van der Waals surface area contributed by atoms with Gasteiger partial charge in [-0.2, -0.15) is 0 Å². The second-order valence-electron chi connectivity index (χ2n) is 4.86. The molecule has 1 aromatic carbocycles. The van der Waals surface area contributed by atoms with Gasteiger partial charge in [-0.15, -0.1) is 0 Å². The average molecular weight is 305 g/mol. The van der Waals surface area contributed by atoms with Crippen molar-refractivity contribution in [3.8, 4) is 5.75 Å². The number of ether oxygens (including phenoxy) is 1. The number of hydrogen-bond acceptors (Lipinski definition) is 3. The van der Waals surface area contributed by atoms with Crippen molar-refractivity contribution in [1.82, 2.24) is 4.98 Å². The first kappa shape index (κ1) is 15.3. The highest BCUT2D eigenvalue weighted by Gasteiger charge is 2.15. The molecule has 0 saturated carbocycles. The normalized spacial score (nSPS) is 11.8. The van der Waals surface area contributed by atoms with E-state index in [-0.39, 0.29) is 5.91 Å². The molecule has 1 heterocycles. The molecule has 0 aliphatic rings. The minimum absolute atomic E-state index is 0.216. The van der Waals surface area contributed by atoms with E-state index in [1.807, 2.05) is 26.0 Å². The molecule has 2 aromatic rings. The van der Waals surface area contributed by atoms with E-state index in [0.29, 0.717) is 11.4 Å². The third kappa shape index (κ3) is 3.95. The van der Waals surface area contributed by atoms with Gasteiger partial charge in [0.2, 0.25) is 0 Å². The summed E-state index contributed by atoms with van der Waals surface area (Å²) in [7, 11) is 0. The number of rotatable bonds is 4. The topological polar surface area (TPSA) is 51.2 Å². The van der Waals surface area contributed by atoms with E-state index in [1.54, 1.807) is 31.5 Å². The van der Waals surface area contributed by atoms with Crippen molar-refractivity contribution in [3.05, 3.63) is 52.8 Å². The van der Waals surface area contributed by atoms with Crippen LogP contribution in [0.4, 0.5) is 5.69 Å². The van der Waals surface area contributed by atoms with Crippen LogP contribution in [0, 0.1) is 13.8 Å². The predicted octanol–water partition coefficient (Wildman–Crippen LogP) is 3.76. The summed E-state index contributed by atoms with van der Waals surface area (Å²) in [5, 5.41) is 3.49. The summed E-state index contributed by atoms with van der Waals surface area (Å²) in [5.74, 6) is 0.415. The number of carbonyl (C=O) groups excluding carboxylic acids is 1. The molecular weight excluding hydrogens is 288 g/mol. The van der Waals surface area contributed by atoms with Gasteiger partial charge in [-0.3, -0.25) is 9.78 Å². The summed E-state index contributed by atoms with van der Waals surface area (Å²) < 4.78 is 5.68. The first-order valence-corrected chi connectivity index (χ1v) is 6.99. The van der Waals surface area contributed by atoms with Crippen molar-refractivity contribution < 1.29 is 9.53 Å². The van der Waals surface area contributed by atoms with Crippen LogP contribution in [0.25, 0.3) is 0 Å². The lowest BCUT2D eigenvalue weighted by Gasteiger charge is -2.16. The molecular formula is C16H17ClN2O2. The molecule has 1 N–H and O–H groups in total. The second-order valence-corrected chi connectivity index (χ2v) is 5.23. The van der Waals surface area contributed by atoms with Crippen molar-refractivity contribution >= 4 is 23.2 Å². The molecule has 0 spiro atoms. The van der Waals surface area contributed by atoms with E-state index in [2.05, 4.69) is 10.3 Å². The van der Waals surface area contributed by atoms with Crippen LogP contribution in [0.3, 0.4) is 0 Å². The maximum absolute atomic E-state index is 12.1. The third-order valence-electron chi connectivity index (χ3n) is 3.04. The van der Waals surface area contributed by atoms with Crippen molar-refractivity contribution in [2.75, 3.05) is 5.32 Å². The zero-order valence-corrected chi connectivity index (χ0v) is 12.9. The number of nitrogens with zero attached hydrogens (tertiary/aromatic N) is 1. The summed E-state index contributed by atoms with van der Waals surface area (Å²) in [5.41, 5.74) is 2.54. The van der Waals surface area contributed by atoms with Crippen LogP contribution in [0.15, 0.2) is 36.7 Å². The molecule has 0 radical (unpaired) electrons. The average Bonchev–Trinajstić information content (AvgIpc) is 2.45. The number of amides is 1. The van der Waals surface area contributed by atoms with Gasteiger partial charge < -0.3 is 10.1 Å². The van der Waals surface area contributed by atoms with Gasteiger partial charge in [0.25, 0.3) is 5.91 Å². The Labute approximate surface area is 129 Å². The van der Waals surface area contributed by atoms with Gasteiger partial charge in [0.15, 0.2) is 6.10 Å². The monoisotopic (exact) mass is 304 g/mol. The van der Waals surface area contributed by atoms with Crippen molar-refractivity contribution in [2.24, 2.45) is 0 Å². The number of aromatic nitrogens is 1. The Morgan fingerprint density at radius 1 is 1.24 bits per heavy atom. The predicted molar refractivity (Wildman–Crippen MR) is 83.9 cm³/mol. The fraction of sp³-hybridized carbons (Fsp3) is 0.250. The lowest BCUT2D eigenvalue weighted by Crippen LogP contribution is -2.30.